The number of pyridine rings is 1. The SMILES string of the molecule is N#C/C(=C/c1cn(-c2ccccc2)nc1-c1cccc(Cl)c1)c1ccccn1. The van der Waals surface area contributed by atoms with Gasteiger partial charge in [-0.1, -0.05) is 48.0 Å². The molecule has 0 unspecified atom stereocenters. The highest BCUT2D eigenvalue weighted by Crippen LogP contribution is 2.29. The number of hydrogen-bond donors (Lipinski definition) is 0. The van der Waals surface area contributed by atoms with Crippen LogP contribution in [-0.4, -0.2) is 14.8 Å². The average Bonchev–Trinajstić information content (AvgIpc) is 3.17. The number of halogens is 1. The molecular formula is C23H15ClN4. The molecule has 4 nitrogen and oxygen atoms in total. The third kappa shape index (κ3) is 3.71. The first kappa shape index (κ1) is 17.7. The Hall–Kier alpha value is -3.68. The molecule has 2 aromatic carbocycles. The van der Waals surface area contributed by atoms with E-state index >= 15 is 0 Å². The lowest BCUT2D eigenvalue weighted by atomic mass is 10.0. The molecule has 0 spiro atoms. The van der Waals surface area contributed by atoms with Gasteiger partial charge >= 0.3 is 0 Å². The molecule has 0 bridgehead atoms. The molecule has 2 aromatic heterocycles. The van der Waals surface area contributed by atoms with E-state index in [9.17, 15) is 5.26 Å². The molecule has 0 N–H and O–H groups in total. The third-order valence-electron chi connectivity index (χ3n) is 4.22. The van der Waals surface area contributed by atoms with Crippen LogP contribution >= 0.6 is 11.6 Å². The second-order valence-corrected chi connectivity index (χ2v) is 6.54. The highest BCUT2D eigenvalue weighted by molar-refractivity contribution is 6.30. The fourth-order valence-corrected chi connectivity index (χ4v) is 3.10. The van der Waals surface area contributed by atoms with Crippen LogP contribution in [0.5, 0.6) is 0 Å². The van der Waals surface area contributed by atoms with Gasteiger partial charge in [0.2, 0.25) is 0 Å². The Balaban J connectivity index is 1.89. The van der Waals surface area contributed by atoms with Gasteiger partial charge in [0, 0.05) is 28.5 Å². The Morgan fingerprint density at radius 2 is 1.82 bits per heavy atom. The van der Waals surface area contributed by atoms with Crippen LogP contribution in [0.25, 0.3) is 28.6 Å². The predicted octanol–water partition coefficient (Wildman–Crippen LogP) is 5.65. The molecule has 0 radical (unpaired) electrons. The van der Waals surface area contributed by atoms with Crippen molar-refractivity contribution < 1.29 is 0 Å². The second kappa shape index (κ2) is 7.91. The number of allylic oxidation sites excluding steroid dienone is 1. The molecule has 4 rings (SSSR count). The van der Waals surface area contributed by atoms with Gasteiger partial charge in [-0.2, -0.15) is 10.4 Å². The van der Waals surface area contributed by atoms with Crippen LogP contribution in [0.15, 0.2) is 85.2 Å². The summed E-state index contributed by atoms with van der Waals surface area (Å²) in [4.78, 5) is 4.29. The van der Waals surface area contributed by atoms with Crippen LogP contribution in [0.3, 0.4) is 0 Å². The zero-order chi connectivity index (χ0) is 19.3. The maximum atomic E-state index is 9.66. The van der Waals surface area contributed by atoms with Crippen LogP contribution < -0.4 is 0 Å². The van der Waals surface area contributed by atoms with E-state index in [1.165, 1.54) is 0 Å². The van der Waals surface area contributed by atoms with E-state index in [1.807, 2.05) is 85.1 Å². The van der Waals surface area contributed by atoms with E-state index in [4.69, 9.17) is 16.7 Å². The van der Waals surface area contributed by atoms with Crippen LogP contribution in [0, 0.1) is 11.3 Å². The zero-order valence-corrected chi connectivity index (χ0v) is 15.6. The average molecular weight is 383 g/mol. The van der Waals surface area contributed by atoms with Crippen LogP contribution in [0.1, 0.15) is 11.3 Å². The monoisotopic (exact) mass is 382 g/mol. The van der Waals surface area contributed by atoms with E-state index in [0.717, 1.165) is 22.5 Å². The third-order valence-corrected chi connectivity index (χ3v) is 4.46. The summed E-state index contributed by atoms with van der Waals surface area (Å²) in [6.45, 7) is 0. The first-order chi connectivity index (χ1) is 13.7. The summed E-state index contributed by atoms with van der Waals surface area (Å²) in [5.41, 5.74) is 4.46. The molecule has 5 heteroatoms. The summed E-state index contributed by atoms with van der Waals surface area (Å²) in [5.74, 6) is 0. The molecule has 0 amide bonds. The zero-order valence-electron chi connectivity index (χ0n) is 14.8. The Morgan fingerprint density at radius 1 is 1.00 bits per heavy atom. The standard InChI is InChI=1S/C23H15ClN4/c24-20-8-6-7-17(14-20)23-19(13-18(15-25)22-11-4-5-12-26-22)16-28(27-23)21-9-2-1-3-10-21/h1-14,16H/b18-13-. The number of hydrogen-bond acceptors (Lipinski definition) is 3. The van der Waals surface area contributed by atoms with Gasteiger partial charge in [0.15, 0.2) is 0 Å². The van der Waals surface area contributed by atoms with Crippen molar-refractivity contribution in [3.63, 3.8) is 0 Å². The Bertz CT molecular complexity index is 1170. The lowest BCUT2D eigenvalue weighted by Gasteiger charge is -2.01. The van der Waals surface area contributed by atoms with E-state index in [1.54, 1.807) is 10.9 Å². The van der Waals surface area contributed by atoms with Crippen molar-refractivity contribution >= 4 is 23.3 Å². The van der Waals surface area contributed by atoms with Crippen molar-refractivity contribution in [2.24, 2.45) is 0 Å². The van der Waals surface area contributed by atoms with Crippen molar-refractivity contribution in [1.82, 2.24) is 14.8 Å². The first-order valence-corrected chi connectivity index (χ1v) is 9.06. The van der Waals surface area contributed by atoms with Crippen molar-refractivity contribution in [2.75, 3.05) is 0 Å². The van der Waals surface area contributed by atoms with E-state index in [2.05, 4.69) is 11.1 Å². The molecule has 0 aliphatic rings. The summed E-state index contributed by atoms with van der Waals surface area (Å²) in [7, 11) is 0. The molecule has 0 aliphatic carbocycles. The summed E-state index contributed by atoms with van der Waals surface area (Å²) in [6, 6.07) is 25.1. The molecule has 134 valence electrons. The number of nitrogens with zero attached hydrogens (tertiary/aromatic N) is 4. The van der Waals surface area contributed by atoms with Crippen molar-refractivity contribution in [2.45, 2.75) is 0 Å². The fraction of sp³-hybridized carbons (Fsp3) is 0. The molecule has 28 heavy (non-hydrogen) atoms. The lowest BCUT2D eigenvalue weighted by Crippen LogP contribution is -1.93. The molecular weight excluding hydrogens is 368 g/mol. The normalized spacial score (nSPS) is 11.2. The number of rotatable bonds is 4. The first-order valence-electron chi connectivity index (χ1n) is 8.69. The highest BCUT2D eigenvalue weighted by Gasteiger charge is 2.13. The van der Waals surface area contributed by atoms with Crippen LogP contribution in [0.4, 0.5) is 0 Å². The van der Waals surface area contributed by atoms with Gasteiger partial charge in [-0.05, 0) is 42.5 Å². The van der Waals surface area contributed by atoms with Gasteiger partial charge in [0.05, 0.1) is 17.0 Å². The smallest absolute Gasteiger partial charge is 0.101 e. The number of nitriles is 1. The number of aromatic nitrogens is 3. The van der Waals surface area contributed by atoms with Gasteiger partial charge in [0.1, 0.15) is 11.8 Å². The second-order valence-electron chi connectivity index (χ2n) is 6.11. The molecule has 0 saturated carbocycles. The fourth-order valence-electron chi connectivity index (χ4n) is 2.91. The lowest BCUT2D eigenvalue weighted by molar-refractivity contribution is 0.884. The maximum absolute atomic E-state index is 9.66. The Morgan fingerprint density at radius 3 is 2.54 bits per heavy atom. The molecule has 0 saturated heterocycles. The molecule has 0 atom stereocenters. The number of para-hydroxylation sites is 1. The minimum Gasteiger partial charge on any atom is -0.256 e. The molecule has 4 aromatic rings. The maximum Gasteiger partial charge on any atom is 0.101 e. The van der Waals surface area contributed by atoms with Crippen molar-refractivity contribution in [1.29, 1.82) is 5.26 Å². The van der Waals surface area contributed by atoms with E-state index in [0.29, 0.717) is 16.3 Å². The Labute approximate surface area is 168 Å². The minimum absolute atomic E-state index is 0.469. The number of benzene rings is 2. The molecule has 2 heterocycles. The van der Waals surface area contributed by atoms with Crippen molar-refractivity contribution in [3.8, 4) is 23.0 Å². The van der Waals surface area contributed by atoms with Gasteiger partial charge in [-0.15, -0.1) is 0 Å². The van der Waals surface area contributed by atoms with Gasteiger partial charge in [-0.25, -0.2) is 4.68 Å². The van der Waals surface area contributed by atoms with E-state index < -0.39 is 0 Å². The molecule has 0 fully saturated rings. The summed E-state index contributed by atoms with van der Waals surface area (Å²) < 4.78 is 1.80. The Kier molecular flexibility index (Phi) is 5.01. The predicted molar refractivity (Wildman–Crippen MR) is 112 cm³/mol. The summed E-state index contributed by atoms with van der Waals surface area (Å²) in [5, 5.41) is 15.1. The van der Waals surface area contributed by atoms with Gasteiger partial charge in [-0.3, -0.25) is 4.98 Å². The highest BCUT2D eigenvalue weighted by atomic mass is 35.5. The molecule has 0 aliphatic heterocycles. The minimum atomic E-state index is 0.469. The quantitative estimate of drug-likeness (QED) is 0.428. The van der Waals surface area contributed by atoms with E-state index in [-0.39, 0.29) is 0 Å². The van der Waals surface area contributed by atoms with Crippen molar-refractivity contribution in [3.05, 3.63) is 101 Å². The topological polar surface area (TPSA) is 54.5 Å². The summed E-state index contributed by atoms with van der Waals surface area (Å²) in [6.07, 6.45) is 5.39. The van der Waals surface area contributed by atoms with Gasteiger partial charge < -0.3 is 0 Å². The van der Waals surface area contributed by atoms with Gasteiger partial charge in [0.25, 0.3) is 0 Å². The largest absolute Gasteiger partial charge is 0.256 e. The van der Waals surface area contributed by atoms with Crippen LogP contribution in [-0.2, 0) is 0 Å². The van der Waals surface area contributed by atoms with Crippen LogP contribution in [0.2, 0.25) is 5.02 Å². The summed E-state index contributed by atoms with van der Waals surface area (Å²) >= 11 is 6.19.